The van der Waals surface area contributed by atoms with Crippen LogP contribution in [0.5, 0.6) is 0 Å². The summed E-state index contributed by atoms with van der Waals surface area (Å²) in [7, 11) is 0. The topological polar surface area (TPSA) is 85.1 Å². The molecule has 1 heterocycles. The van der Waals surface area contributed by atoms with Gasteiger partial charge in [0.1, 0.15) is 11.9 Å². The van der Waals surface area contributed by atoms with Crippen LogP contribution < -0.4 is 5.32 Å². The highest BCUT2D eigenvalue weighted by molar-refractivity contribution is 9.10. The molecule has 2 aromatic rings. The first-order chi connectivity index (χ1) is 10.9. The molecular weight excluding hydrogens is 382 g/mol. The second-order valence-electron chi connectivity index (χ2n) is 4.85. The highest BCUT2D eigenvalue weighted by atomic mass is 79.9. The van der Waals surface area contributed by atoms with Gasteiger partial charge in [-0.15, -0.1) is 11.8 Å². The number of hydrogen-bond donors (Lipinski definition) is 1. The molecule has 1 amide bonds. The minimum atomic E-state index is -0.571. The lowest BCUT2D eigenvalue weighted by Crippen LogP contribution is -2.15. The second-order valence-corrected chi connectivity index (χ2v) is 6.73. The smallest absolute Gasteiger partial charge is 0.310 e. The van der Waals surface area contributed by atoms with Crippen molar-refractivity contribution < 1.29 is 9.72 Å². The average molecular weight is 396 g/mol. The summed E-state index contributed by atoms with van der Waals surface area (Å²) in [6.07, 6.45) is 2.52. The fourth-order valence-corrected chi connectivity index (χ4v) is 3.24. The number of aromatic nitrogens is 1. The zero-order chi connectivity index (χ0) is 17.0. The van der Waals surface area contributed by atoms with Gasteiger partial charge in [-0.05, 0) is 43.2 Å². The number of aryl methyl sites for hydroxylation is 2. The van der Waals surface area contributed by atoms with E-state index in [-0.39, 0.29) is 23.0 Å². The largest absolute Gasteiger partial charge is 0.320 e. The molecule has 0 unspecified atom stereocenters. The lowest BCUT2D eigenvalue weighted by molar-refractivity contribution is -0.384. The van der Waals surface area contributed by atoms with Crippen LogP contribution in [0.25, 0.3) is 0 Å². The van der Waals surface area contributed by atoms with Crippen molar-refractivity contribution in [3.63, 3.8) is 0 Å². The number of rotatable bonds is 5. The van der Waals surface area contributed by atoms with Gasteiger partial charge in [-0.2, -0.15) is 0 Å². The summed E-state index contributed by atoms with van der Waals surface area (Å²) in [6.45, 7) is 3.95. The van der Waals surface area contributed by atoms with E-state index in [1.807, 2.05) is 26.0 Å². The maximum absolute atomic E-state index is 12.0. The first-order valence-electron chi connectivity index (χ1n) is 6.66. The van der Waals surface area contributed by atoms with E-state index in [1.165, 1.54) is 24.0 Å². The Labute approximate surface area is 146 Å². The van der Waals surface area contributed by atoms with E-state index in [1.54, 1.807) is 0 Å². The molecule has 1 aromatic carbocycles. The third kappa shape index (κ3) is 4.52. The molecule has 1 aromatic heterocycles. The summed E-state index contributed by atoms with van der Waals surface area (Å²) < 4.78 is 1.02. The van der Waals surface area contributed by atoms with Crippen molar-refractivity contribution >= 4 is 45.0 Å². The monoisotopic (exact) mass is 395 g/mol. The molecule has 23 heavy (non-hydrogen) atoms. The highest BCUT2D eigenvalue weighted by Crippen LogP contribution is 2.29. The van der Waals surface area contributed by atoms with Crippen molar-refractivity contribution in [3.05, 3.63) is 56.3 Å². The van der Waals surface area contributed by atoms with Gasteiger partial charge in [0, 0.05) is 15.6 Å². The Hall–Kier alpha value is -1.93. The molecule has 2 rings (SSSR count). The number of pyridine rings is 1. The Bertz CT molecular complexity index is 768. The summed E-state index contributed by atoms with van der Waals surface area (Å²) in [5, 5.41) is 13.5. The molecule has 0 radical (unpaired) electrons. The van der Waals surface area contributed by atoms with Gasteiger partial charge < -0.3 is 5.32 Å². The standard InChI is InChI=1S/C15H14BrN3O3S/c1-9-6-14(10(2)5-11(9)16)23-8-15(20)18-12-3-4-17-7-13(12)19(21)22/h3-7H,8H2,1-2H3,(H,17,18,20). The van der Waals surface area contributed by atoms with E-state index >= 15 is 0 Å². The Morgan fingerprint density at radius 1 is 1.39 bits per heavy atom. The van der Waals surface area contributed by atoms with Crippen LogP contribution in [-0.4, -0.2) is 21.6 Å². The quantitative estimate of drug-likeness (QED) is 0.467. The zero-order valence-electron chi connectivity index (χ0n) is 12.5. The van der Waals surface area contributed by atoms with Crippen molar-refractivity contribution in [1.29, 1.82) is 0 Å². The first-order valence-corrected chi connectivity index (χ1v) is 8.44. The maximum Gasteiger partial charge on any atom is 0.310 e. The van der Waals surface area contributed by atoms with E-state index in [2.05, 4.69) is 26.2 Å². The lowest BCUT2D eigenvalue weighted by Gasteiger charge is -2.09. The van der Waals surface area contributed by atoms with Gasteiger partial charge in [0.15, 0.2) is 0 Å². The van der Waals surface area contributed by atoms with Crippen LogP contribution in [0.2, 0.25) is 0 Å². The van der Waals surface area contributed by atoms with Gasteiger partial charge >= 0.3 is 5.69 Å². The molecular formula is C15H14BrN3O3S. The van der Waals surface area contributed by atoms with Crippen molar-refractivity contribution in [2.24, 2.45) is 0 Å². The molecule has 1 N–H and O–H groups in total. The summed E-state index contributed by atoms with van der Waals surface area (Å²) in [5.74, 6) is -0.134. The number of carbonyl (C=O) groups is 1. The van der Waals surface area contributed by atoms with Crippen LogP contribution in [0, 0.1) is 24.0 Å². The lowest BCUT2D eigenvalue weighted by atomic mass is 10.2. The van der Waals surface area contributed by atoms with Crippen LogP contribution in [0.3, 0.4) is 0 Å². The Kier molecular flexibility index (Phi) is 5.73. The van der Waals surface area contributed by atoms with E-state index in [0.29, 0.717) is 0 Å². The summed E-state index contributed by atoms with van der Waals surface area (Å²) >= 11 is 4.86. The maximum atomic E-state index is 12.0. The van der Waals surface area contributed by atoms with Crippen molar-refractivity contribution in [3.8, 4) is 0 Å². The molecule has 0 fully saturated rings. The van der Waals surface area contributed by atoms with Gasteiger partial charge in [-0.1, -0.05) is 15.9 Å². The van der Waals surface area contributed by atoms with Crippen LogP contribution in [-0.2, 0) is 4.79 Å². The van der Waals surface area contributed by atoms with Crippen molar-refractivity contribution in [2.75, 3.05) is 11.1 Å². The number of carbonyl (C=O) groups excluding carboxylic acids is 1. The molecule has 8 heteroatoms. The number of nitro groups is 1. The summed E-state index contributed by atoms with van der Waals surface area (Å²) in [4.78, 5) is 27.1. The number of benzene rings is 1. The summed E-state index contributed by atoms with van der Waals surface area (Å²) in [6, 6.07) is 5.42. The van der Waals surface area contributed by atoms with Crippen molar-refractivity contribution in [2.45, 2.75) is 18.7 Å². The second kappa shape index (κ2) is 7.56. The zero-order valence-corrected chi connectivity index (χ0v) is 14.9. The molecule has 0 aliphatic carbocycles. The minimum absolute atomic E-state index is 0.152. The fraction of sp³-hybridized carbons (Fsp3) is 0.200. The van der Waals surface area contributed by atoms with E-state index in [9.17, 15) is 14.9 Å². The molecule has 0 saturated heterocycles. The third-order valence-electron chi connectivity index (χ3n) is 3.09. The Morgan fingerprint density at radius 2 is 2.13 bits per heavy atom. The molecule has 120 valence electrons. The van der Waals surface area contributed by atoms with Crippen molar-refractivity contribution in [1.82, 2.24) is 4.98 Å². The molecule has 0 spiro atoms. The molecule has 0 saturated carbocycles. The van der Waals surface area contributed by atoms with Crippen LogP contribution in [0.1, 0.15) is 11.1 Å². The van der Waals surface area contributed by atoms with Gasteiger partial charge in [0.25, 0.3) is 0 Å². The third-order valence-corrected chi connectivity index (χ3v) is 5.10. The Morgan fingerprint density at radius 3 is 2.83 bits per heavy atom. The average Bonchev–Trinajstić information content (AvgIpc) is 2.50. The predicted octanol–water partition coefficient (Wildman–Crippen LogP) is 4.10. The van der Waals surface area contributed by atoms with Gasteiger partial charge in [0.2, 0.25) is 5.91 Å². The number of nitrogens with zero attached hydrogens (tertiary/aromatic N) is 2. The fourth-order valence-electron chi connectivity index (χ4n) is 1.88. The molecule has 0 aliphatic rings. The highest BCUT2D eigenvalue weighted by Gasteiger charge is 2.16. The minimum Gasteiger partial charge on any atom is -0.320 e. The number of nitrogens with one attached hydrogen (secondary N) is 1. The number of amides is 1. The molecule has 0 bridgehead atoms. The molecule has 0 atom stereocenters. The van der Waals surface area contributed by atoms with E-state index in [4.69, 9.17) is 0 Å². The normalized spacial score (nSPS) is 10.4. The van der Waals surface area contributed by atoms with Crippen LogP contribution >= 0.6 is 27.7 Å². The molecule has 6 nitrogen and oxygen atoms in total. The van der Waals surface area contributed by atoms with Crippen LogP contribution in [0.4, 0.5) is 11.4 Å². The predicted molar refractivity (Wildman–Crippen MR) is 93.9 cm³/mol. The van der Waals surface area contributed by atoms with Gasteiger partial charge in [0.05, 0.1) is 10.7 Å². The number of halogens is 1. The van der Waals surface area contributed by atoms with Gasteiger partial charge in [-0.3, -0.25) is 19.9 Å². The number of anilines is 1. The number of hydrogen-bond acceptors (Lipinski definition) is 5. The molecule has 0 aliphatic heterocycles. The SMILES string of the molecule is Cc1cc(SCC(=O)Nc2ccncc2[N+](=O)[O-])c(C)cc1Br. The van der Waals surface area contributed by atoms with E-state index in [0.717, 1.165) is 26.7 Å². The van der Waals surface area contributed by atoms with E-state index < -0.39 is 4.92 Å². The van der Waals surface area contributed by atoms with Gasteiger partial charge in [-0.25, -0.2) is 0 Å². The Balaban J connectivity index is 2.04. The number of thioether (sulfide) groups is 1. The first kappa shape index (κ1) is 17.4. The van der Waals surface area contributed by atoms with Crippen LogP contribution in [0.15, 0.2) is 40.0 Å². The summed E-state index contributed by atoms with van der Waals surface area (Å²) in [5.41, 5.74) is 2.08.